The van der Waals surface area contributed by atoms with Gasteiger partial charge in [-0.2, -0.15) is 0 Å². The van der Waals surface area contributed by atoms with E-state index in [0.29, 0.717) is 11.4 Å². The number of amides is 1. The molecule has 3 aromatic rings. The number of esters is 1. The molecule has 0 bridgehead atoms. The molecule has 0 aliphatic rings. The molecule has 0 saturated heterocycles. The van der Waals surface area contributed by atoms with Crippen LogP contribution in [-0.4, -0.2) is 24.6 Å². The quantitative estimate of drug-likeness (QED) is 0.637. The Labute approximate surface area is 163 Å². The molecule has 1 heterocycles. The Morgan fingerprint density at radius 1 is 1.00 bits per heavy atom. The van der Waals surface area contributed by atoms with E-state index in [1.54, 1.807) is 56.7 Å². The fourth-order valence-electron chi connectivity index (χ4n) is 2.66. The lowest BCUT2D eigenvalue weighted by Gasteiger charge is -2.26. The molecule has 0 aliphatic carbocycles. The number of para-hydroxylation sites is 1. The molecule has 0 aliphatic heterocycles. The van der Waals surface area contributed by atoms with E-state index in [-0.39, 0.29) is 5.56 Å². The van der Waals surface area contributed by atoms with Crippen molar-refractivity contribution in [2.24, 2.45) is 0 Å². The van der Waals surface area contributed by atoms with E-state index >= 15 is 0 Å². The molecule has 3 rings (SSSR count). The molecule has 144 valence electrons. The highest BCUT2D eigenvalue weighted by Crippen LogP contribution is 2.27. The van der Waals surface area contributed by atoms with Gasteiger partial charge in [-0.15, -0.1) is 0 Å². The Bertz CT molecular complexity index is 976. The summed E-state index contributed by atoms with van der Waals surface area (Å²) in [6.07, 6.45) is 3.24. The van der Waals surface area contributed by atoms with Crippen molar-refractivity contribution in [1.82, 2.24) is 0 Å². The summed E-state index contributed by atoms with van der Waals surface area (Å²) in [5.41, 5.74) is 1.29. The minimum atomic E-state index is -1.18. The van der Waals surface area contributed by atoms with Crippen LogP contribution in [0.2, 0.25) is 0 Å². The van der Waals surface area contributed by atoms with Gasteiger partial charge in [0.25, 0.3) is 5.91 Å². The number of hydrogen-bond acceptors (Lipinski definition) is 5. The monoisotopic (exact) mass is 379 g/mol. The Balaban J connectivity index is 1.77. The van der Waals surface area contributed by atoms with Gasteiger partial charge in [-0.05, 0) is 49.7 Å². The van der Waals surface area contributed by atoms with Gasteiger partial charge in [-0.25, -0.2) is 4.79 Å². The summed E-state index contributed by atoms with van der Waals surface area (Å²) >= 11 is 0. The molecular weight excluding hydrogens is 358 g/mol. The van der Waals surface area contributed by atoms with Crippen LogP contribution in [0.4, 0.5) is 5.69 Å². The second-order valence-electron chi connectivity index (χ2n) is 6.64. The van der Waals surface area contributed by atoms with Crippen LogP contribution in [0.25, 0.3) is 11.1 Å². The molecule has 0 radical (unpaired) electrons. The van der Waals surface area contributed by atoms with Crippen molar-refractivity contribution in [1.29, 1.82) is 0 Å². The van der Waals surface area contributed by atoms with Crippen molar-refractivity contribution in [2.75, 3.05) is 12.4 Å². The number of furan rings is 1. The average molecular weight is 379 g/mol. The first-order chi connectivity index (χ1) is 13.4. The van der Waals surface area contributed by atoms with Crippen LogP contribution in [-0.2, 0) is 9.53 Å². The molecule has 1 amide bonds. The molecule has 2 aromatic carbocycles. The van der Waals surface area contributed by atoms with Gasteiger partial charge in [-0.3, -0.25) is 4.79 Å². The molecule has 6 nitrogen and oxygen atoms in total. The minimum absolute atomic E-state index is 0.274. The molecule has 0 spiro atoms. The van der Waals surface area contributed by atoms with E-state index in [9.17, 15) is 9.59 Å². The Hall–Kier alpha value is -3.54. The van der Waals surface area contributed by atoms with Gasteiger partial charge in [0.05, 0.1) is 30.9 Å². The standard InChI is InChI=1S/C22H21NO5/c1-22(2,21(25)23-19-10-5-4-9-18(19)20(24)26-3)28-17-8-6-7-15(13-17)16-11-12-27-14-16/h4-14H,1-3H3,(H,23,25). The zero-order valence-corrected chi connectivity index (χ0v) is 15.9. The molecular formula is C22H21NO5. The minimum Gasteiger partial charge on any atom is -0.478 e. The van der Waals surface area contributed by atoms with Crippen LogP contribution in [0.1, 0.15) is 24.2 Å². The summed E-state index contributed by atoms with van der Waals surface area (Å²) in [7, 11) is 1.29. The number of methoxy groups -OCH3 is 1. The van der Waals surface area contributed by atoms with Gasteiger partial charge < -0.3 is 19.2 Å². The van der Waals surface area contributed by atoms with Crippen LogP contribution in [0.5, 0.6) is 5.75 Å². The summed E-state index contributed by atoms with van der Waals surface area (Å²) in [6.45, 7) is 3.32. The fourth-order valence-corrected chi connectivity index (χ4v) is 2.66. The predicted octanol–water partition coefficient (Wildman–Crippen LogP) is 4.53. The molecule has 28 heavy (non-hydrogen) atoms. The Morgan fingerprint density at radius 2 is 1.79 bits per heavy atom. The molecule has 0 fully saturated rings. The van der Waals surface area contributed by atoms with E-state index in [4.69, 9.17) is 13.9 Å². The SMILES string of the molecule is COC(=O)c1ccccc1NC(=O)C(C)(C)Oc1cccc(-c2ccoc2)c1. The highest BCUT2D eigenvalue weighted by molar-refractivity contribution is 6.03. The highest BCUT2D eigenvalue weighted by Gasteiger charge is 2.31. The first-order valence-electron chi connectivity index (χ1n) is 8.71. The smallest absolute Gasteiger partial charge is 0.339 e. The number of carbonyl (C=O) groups is 2. The lowest BCUT2D eigenvalue weighted by molar-refractivity contribution is -0.128. The van der Waals surface area contributed by atoms with Crippen LogP contribution >= 0.6 is 0 Å². The molecule has 6 heteroatoms. The van der Waals surface area contributed by atoms with Gasteiger partial charge in [-0.1, -0.05) is 24.3 Å². The summed E-state index contributed by atoms with van der Waals surface area (Å²) in [4.78, 5) is 24.7. The summed E-state index contributed by atoms with van der Waals surface area (Å²) < 4.78 is 15.8. The molecule has 0 unspecified atom stereocenters. The third kappa shape index (κ3) is 4.23. The van der Waals surface area contributed by atoms with Crippen molar-refractivity contribution < 1.29 is 23.5 Å². The van der Waals surface area contributed by atoms with Gasteiger partial charge >= 0.3 is 5.97 Å². The summed E-state index contributed by atoms with van der Waals surface area (Å²) in [5, 5.41) is 2.75. The van der Waals surface area contributed by atoms with E-state index in [1.807, 2.05) is 24.3 Å². The van der Waals surface area contributed by atoms with E-state index < -0.39 is 17.5 Å². The topological polar surface area (TPSA) is 77.8 Å². The van der Waals surface area contributed by atoms with Crippen LogP contribution in [0.15, 0.2) is 71.5 Å². The van der Waals surface area contributed by atoms with Gasteiger partial charge in [0.1, 0.15) is 5.75 Å². The number of rotatable bonds is 6. The first kappa shape index (κ1) is 19.2. The van der Waals surface area contributed by atoms with Crippen molar-refractivity contribution in [3.05, 3.63) is 72.7 Å². The van der Waals surface area contributed by atoms with Crippen molar-refractivity contribution >= 4 is 17.6 Å². The maximum atomic E-state index is 12.8. The van der Waals surface area contributed by atoms with E-state index in [1.165, 1.54) is 7.11 Å². The zero-order chi connectivity index (χ0) is 20.1. The summed E-state index contributed by atoms with van der Waals surface area (Å²) in [5.74, 6) is -0.375. The second kappa shape index (κ2) is 8.00. The third-order valence-corrected chi connectivity index (χ3v) is 4.19. The van der Waals surface area contributed by atoms with E-state index in [0.717, 1.165) is 11.1 Å². The van der Waals surface area contributed by atoms with Crippen molar-refractivity contribution in [2.45, 2.75) is 19.4 Å². The number of ether oxygens (including phenoxy) is 2. The second-order valence-corrected chi connectivity index (χ2v) is 6.64. The number of nitrogens with one attached hydrogen (secondary N) is 1. The van der Waals surface area contributed by atoms with E-state index in [2.05, 4.69) is 5.32 Å². The third-order valence-electron chi connectivity index (χ3n) is 4.19. The number of anilines is 1. The van der Waals surface area contributed by atoms with Gasteiger partial charge in [0.15, 0.2) is 5.60 Å². The first-order valence-corrected chi connectivity index (χ1v) is 8.71. The highest BCUT2D eigenvalue weighted by atomic mass is 16.5. The fraction of sp³-hybridized carbons (Fsp3) is 0.182. The molecule has 0 atom stereocenters. The Kier molecular flexibility index (Phi) is 5.49. The number of benzene rings is 2. The summed E-state index contributed by atoms with van der Waals surface area (Å²) in [6, 6.07) is 15.9. The van der Waals surface area contributed by atoms with Crippen LogP contribution in [0, 0.1) is 0 Å². The molecule has 1 N–H and O–H groups in total. The number of hydrogen-bond donors (Lipinski definition) is 1. The van der Waals surface area contributed by atoms with Crippen LogP contribution < -0.4 is 10.1 Å². The van der Waals surface area contributed by atoms with Crippen molar-refractivity contribution in [3.8, 4) is 16.9 Å². The average Bonchev–Trinajstić information content (AvgIpc) is 3.22. The predicted molar refractivity (Wildman–Crippen MR) is 105 cm³/mol. The van der Waals surface area contributed by atoms with Gasteiger partial charge in [0.2, 0.25) is 0 Å². The lowest BCUT2D eigenvalue weighted by Crippen LogP contribution is -2.42. The zero-order valence-electron chi connectivity index (χ0n) is 15.9. The lowest BCUT2D eigenvalue weighted by atomic mass is 10.1. The molecule has 0 saturated carbocycles. The maximum Gasteiger partial charge on any atom is 0.339 e. The van der Waals surface area contributed by atoms with Crippen molar-refractivity contribution in [3.63, 3.8) is 0 Å². The molecule has 1 aromatic heterocycles. The maximum absolute atomic E-state index is 12.8. The van der Waals surface area contributed by atoms with Crippen LogP contribution in [0.3, 0.4) is 0 Å². The largest absolute Gasteiger partial charge is 0.478 e. The normalized spacial score (nSPS) is 11.0. The van der Waals surface area contributed by atoms with Gasteiger partial charge in [0, 0.05) is 5.56 Å². The Morgan fingerprint density at radius 3 is 2.50 bits per heavy atom. The number of carbonyl (C=O) groups excluding carboxylic acids is 2.